The second kappa shape index (κ2) is 7.16. The predicted octanol–water partition coefficient (Wildman–Crippen LogP) is -0.838. The van der Waals surface area contributed by atoms with Gasteiger partial charge in [0.1, 0.15) is 0 Å². The lowest BCUT2D eigenvalue weighted by Crippen LogP contribution is -2.45. The van der Waals surface area contributed by atoms with Gasteiger partial charge in [-0.05, 0) is 18.9 Å². The smallest absolute Gasteiger partial charge is 0.225 e. The molecule has 1 fully saturated rings. The van der Waals surface area contributed by atoms with E-state index in [-0.39, 0.29) is 25.0 Å². The summed E-state index contributed by atoms with van der Waals surface area (Å²) in [5.74, 6) is 0.400. The summed E-state index contributed by atoms with van der Waals surface area (Å²) in [6.45, 7) is 1.14. The van der Waals surface area contributed by atoms with Crippen LogP contribution in [0.5, 0.6) is 0 Å². The van der Waals surface area contributed by atoms with Gasteiger partial charge in [0.05, 0.1) is 18.6 Å². The van der Waals surface area contributed by atoms with Gasteiger partial charge in [0.25, 0.3) is 0 Å². The monoisotopic (exact) mass is 280 g/mol. The summed E-state index contributed by atoms with van der Waals surface area (Å²) >= 11 is 0. The number of aromatic nitrogens is 2. The largest absolute Gasteiger partial charge is 0.394 e. The molecule has 3 N–H and O–H groups in total. The molecule has 7 heteroatoms. The molecule has 0 radical (unpaired) electrons. The summed E-state index contributed by atoms with van der Waals surface area (Å²) in [4.78, 5) is 22.4. The van der Waals surface area contributed by atoms with Crippen LogP contribution in [-0.2, 0) is 4.79 Å². The Kier molecular flexibility index (Phi) is 5.25. The molecule has 0 saturated carbocycles. The number of carbonyl (C=O) groups excluding carboxylic acids is 1. The van der Waals surface area contributed by atoms with Crippen molar-refractivity contribution in [3.63, 3.8) is 0 Å². The normalized spacial score (nSPS) is 20.5. The van der Waals surface area contributed by atoms with Crippen molar-refractivity contribution in [2.24, 2.45) is 5.92 Å². The number of nitrogens with zero attached hydrogens (tertiary/aromatic N) is 3. The molecular weight excluding hydrogens is 260 g/mol. The third-order valence-electron chi connectivity index (χ3n) is 3.35. The molecule has 0 bridgehead atoms. The molecule has 1 saturated heterocycles. The lowest BCUT2D eigenvalue weighted by molar-refractivity contribution is -0.125. The molecule has 0 unspecified atom stereocenters. The van der Waals surface area contributed by atoms with E-state index in [9.17, 15) is 9.90 Å². The molecule has 110 valence electrons. The van der Waals surface area contributed by atoms with Crippen LogP contribution in [0.25, 0.3) is 0 Å². The zero-order valence-electron chi connectivity index (χ0n) is 11.3. The van der Waals surface area contributed by atoms with E-state index in [1.807, 2.05) is 4.90 Å². The Bertz CT molecular complexity index is 429. The standard InChI is InChI=1S/C13H20N4O3/c18-9-11(19)7-16-12(20)10-3-1-6-17(8-10)13-14-4-2-5-15-13/h2,4-5,10-11,18-19H,1,3,6-9H2,(H,16,20)/t10-,11+/m0/s1. The molecule has 1 aromatic heterocycles. The average molecular weight is 280 g/mol. The molecule has 0 aromatic carbocycles. The van der Waals surface area contributed by atoms with Crippen LogP contribution in [0.4, 0.5) is 5.95 Å². The molecule has 1 aliphatic rings. The first kappa shape index (κ1) is 14.7. The lowest BCUT2D eigenvalue weighted by Gasteiger charge is -2.32. The van der Waals surface area contributed by atoms with Gasteiger partial charge in [0, 0.05) is 32.0 Å². The first-order valence-electron chi connectivity index (χ1n) is 6.79. The van der Waals surface area contributed by atoms with Gasteiger partial charge in [-0.3, -0.25) is 4.79 Å². The van der Waals surface area contributed by atoms with Gasteiger partial charge < -0.3 is 20.4 Å². The molecule has 2 heterocycles. The summed E-state index contributed by atoms with van der Waals surface area (Å²) in [6.07, 6.45) is 4.17. The number of piperidine rings is 1. The van der Waals surface area contributed by atoms with Gasteiger partial charge >= 0.3 is 0 Å². The van der Waals surface area contributed by atoms with Crippen molar-refractivity contribution in [3.8, 4) is 0 Å². The van der Waals surface area contributed by atoms with Gasteiger partial charge in [0.2, 0.25) is 11.9 Å². The summed E-state index contributed by atoms with van der Waals surface area (Å²) in [5.41, 5.74) is 0. The molecule has 2 atom stereocenters. The van der Waals surface area contributed by atoms with E-state index in [0.29, 0.717) is 12.5 Å². The van der Waals surface area contributed by atoms with Crippen molar-refractivity contribution < 1.29 is 15.0 Å². The number of nitrogens with one attached hydrogen (secondary N) is 1. The van der Waals surface area contributed by atoms with E-state index < -0.39 is 6.10 Å². The molecule has 1 aliphatic heterocycles. The van der Waals surface area contributed by atoms with E-state index in [1.54, 1.807) is 18.5 Å². The SMILES string of the molecule is O=C(NC[C@@H](O)CO)[C@H]1CCCN(c2ncccn2)C1. The van der Waals surface area contributed by atoms with Crippen LogP contribution in [0.1, 0.15) is 12.8 Å². The highest BCUT2D eigenvalue weighted by Crippen LogP contribution is 2.19. The van der Waals surface area contributed by atoms with Crippen LogP contribution in [0.15, 0.2) is 18.5 Å². The zero-order valence-corrected chi connectivity index (χ0v) is 11.3. The van der Waals surface area contributed by atoms with E-state index in [1.165, 1.54) is 0 Å². The Labute approximate surface area is 117 Å². The topological polar surface area (TPSA) is 98.6 Å². The molecule has 0 aliphatic carbocycles. The number of aliphatic hydroxyl groups excluding tert-OH is 2. The first-order chi connectivity index (χ1) is 9.70. The number of aliphatic hydroxyl groups is 2. The van der Waals surface area contributed by atoms with Crippen molar-refractivity contribution in [2.75, 3.05) is 31.1 Å². The van der Waals surface area contributed by atoms with Crippen LogP contribution in [0.3, 0.4) is 0 Å². The summed E-state index contributed by atoms with van der Waals surface area (Å²) in [7, 11) is 0. The number of hydrogen-bond donors (Lipinski definition) is 3. The molecule has 2 rings (SSSR count). The fourth-order valence-corrected chi connectivity index (χ4v) is 2.25. The molecule has 0 spiro atoms. The maximum Gasteiger partial charge on any atom is 0.225 e. The Morgan fingerprint density at radius 3 is 2.95 bits per heavy atom. The van der Waals surface area contributed by atoms with Gasteiger partial charge in [0.15, 0.2) is 0 Å². The summed E-state index contributed by atoms with van der Waals surface area (Å²) in [5, 5.41) is 20.6. The maximum absolute atomic E-state index is 12.0. The molecule has 1 amide bonds. The molecule has 7 nitrogen and oxygen atoms in total. The summed E-state index contributed by atoms with van der Waals surface area (Å²) < 4.78 is 0. The zero-order chi connectivity index (χ0) is 14.4. The second-order valence-corrected chi connectivity index (χ2v) is 4.92. The average Bonchev–Trinajstić information content (AvgIpc) is 2.53. The highest BCUT2D eigenvalue weighted by atomic mass is 16.3. The van der Waals surface area contributed by atoms with Crippen LogP contribution >= 0.6 is 0 Å². The fraction of sp³-hybridized carbons (Fsp3) is 0.615. The third kappa shape index (κ3) is 3.88. The van der Waals surface area contributed by atoms with Crippen molar-refractivity contribution in [3.05, 3.63) is 18.5 Å². The molecule has 20 heavy (non-hydrogen) atoms. The van der Waals surface area contributed by atoms with E-state index in [4.69, 9.17) is 5.11 Å². The quantitative estimate of drug-likeness (QED) is 0.650. The van der Waals surface area contributed by atoms with Crippen LogP contribution < -0.4 is 10.2 Å². The minimum Gasteiger partial charge on any atom is -0.394 e. The number of hydrogen-bond acceptors (Lipinski definition) is 6. The van der Waals surface area contributed by atoms with Crippen molar-refractivity contribution in [1.29, 1.82) is 0 Å². The van der Waals surface area contributed by atoms with Crippen molar-refractivity contribution in [2.45, 2.75) is 18.9 Å². The number of anilines is 1. The number of carbonyl (C=O) groups is 1. The van der Waals surface area contributed by atoms with Crippen LogP contribution in [0, 0.1) is 5.92 Å². The van der Waals surface area contributed by atoms with E-state index >= 15 is 0 Å². The van der Waals surface area contributed by atoms with Crippen LogP contribution in [0.2, 0.25) is 0 Å². The summed E-state index contributed by atoms with van der Waals surface area (Å²) in [6, 6.07) is 1.76. The highest BCUT2D eigenvalue weighted by Gasteiger charge is 2.27. The van der Waals surface area contributed by atoms with Crippen molar-refractivity contribution in [1.82, 2.24) is 15.3 Å². The van der Waals surface area contributed by atoms with Gasteiger partial charge in [-0.25, -0.2) is 9.97 Å². The van der Waals surface area contributed by atoms with E-state index in [0.717, 1.165) is 19.4 Å². The number of amides is 1. The first-order valence-corrected chi connectivity index (χ1v) is 6.79. The highest BCUT2D eigenvalue weighted by molar-refractivity contribution is 5.79. The minimum atomic E-state index is -0.906. The molecular formula is C13H20N4O3. The molecule has 1 aromatic rings. The van der Waals surface area contributed by atoms with Gasteiger partial charge in [-0.1, -0.05) is 0 Å². The van der Waals surface area contributed by atoms with Crippen LogP contribution in [-0.4, -0.2) is 58.4 Å². The van der Waals surface area contributed by atoms with E-state index in [2.05, 4.69) is 15.3 Å². The predicted molar refractivity (Wildman–Crippen MR) is 73.1 cm³/mol. The minimum absolute atomic E-state index is 0.0771. The third-order valence-corrected chi connectivity index (χ3v) is 3.35. The Morgan fingerprint density at radius 2 is 2.25 bits per heavy atom. The number of rotatable bonds is 5. The second-order valence-electron chi connectivity index (χ2n) is 4.92. The maximum atomic E-state index is 12.0. The Hall–Kier alpha value is -1.73. The van der Waals surface area contributed by atoms with Gasteiger partial charge in [-0.2, -0.15) is 0 Å². The van der Waals surface area contributed by atoms with Crippen molar-refractivity contribution >= 4 is 11.9 Å². The fourth-order valence-electron chi connectivity index (χ4n) is 2.25. The van der Waals surface area contributed by atoms with Gasteiger partial charge in [-0.15, -0.1) is 0 Å². The Morgan fingerprint density at radius 1 is 1.50 bits per heavy atom. The Balaban J connectivity index is 1.88. The lowest BCUT2D eigenvalue weighted by atomic mass is 9.97.